The van der Waals surface area contributed by atoms with Crippen LogP contribution < -0.4 is 5.32 Å². The summed E-state index contributed by atoms with van der Waals surface area (Å²) in [6.07, 6.45) is 1.75. The minimum absolute atomic E-state index is 0.0760. The minimum Gasteiger partial charge on any atom is -0.444 e. The summed E-state index contributed by atoms with van der Waals surface area (Å²) in [4.78, 5) is 26.1. The number of likely N-dealkylation sites (tertiary alicyclic amines) is 1. The summed E-state index contributed by atoms with van der Waals surface area (Å²) in [6, 6.07) is 10.2. The number of piperidine rings is 1. The molecule has 138 valence electrons. The van der Waals surface area contributed by atoms with Crippen molar-refractivity contribution in [2.45, 2.75) is 64.5 Å². The zero-order valence-electron chi connectivity index (χ0n) is 15.7. The van der Waals surface area contributed by atoms with E-state index < -0.39 is 5.60 Å². The van der Waals surface area contributed by atoms with Gasteiger partial charge in [0.2, 0.25) is 5.91 Å². The van der Waals surface area contributed by atoms with Gasteiger partial charge in [-0.05, 0) is 45.1 Å². The van der Waals surface area contributed by atoms with Crippen LogP contribution in [0.15, 0.2) is 30.3 Å². The van der Waals surface area contributed by atoms with Gasteiger partial charge in [-0.15, -0.1) is 0 Å². The number of hydrogen-bond acceptors (Lipinski definition) is 3. The highest BCUT2D eigenvalue weighted by atomic mass is 16.6. The van der Waals surface area contributed by atoms with E-state index in [4.69, 9.17) is 4.74 Å². The topological polar surface area (TPSA) is 58.6 Å². The molecule has 2 amide bonds. The molecule has 0 spiro atoms. The number of benzene rings is 1. The highest BCUT2D eigenvalue weighted by Crippen LogP contribution is 2.19. The summed E-state index contributed by atoms with van der Waals surface area (Å²) in [7, 11) is 0. The molecule has 1 atom stereocenters. The lowest BCUT2D eigenvalue weighted by Crippen LogP contribution is -2.47. The van der Waals surface area contributed by atoms with E-state index in [9.17, 15) is 9.59 Å². The molecule has 1 aliphatic rings. The van der Waals surface area contributed by atoms with Gasteiger partial charge in [-0.1, -0.05) is 37.3 Å². The molecule has 25 heavy (non-hydrogen) atoms. The summed E-state index contributed by atoms with van der Waals surface area (Å²) in [5, 5.41) is 3.11. The van der Waals surface area contributed by atoms with Crippen molar-refractivity contribution in [3.8, 4) is 0 Å². The molecule has 1 fully saturated rings. The molecule has 0 aliphatic carbocycles. The van der Waals surface area contributed by atoms with Gasteiger partial charge in [0.15, 0.2) is 0 Å². The van der Waals surface area contributed by atoms with Gasteiger partial charge >= 0.3 is 6.09 Å². The van der Waals surface area contributed by atoms with Crippen molar-refractivity contribution in [3.63, 3.8) is 0 Å². The standard InChI is InChI=1S/C20H30N2O3/c1-15(16-8-6-5-7-9-16)14-18(23)21-17-10-12-22(13-11-17)19(24)25-20(2,3)4/h5-9,15,17H,10-14H2,1-4H3,(H,21,23)/t15-/m0/s1. The van der Waals surface area contributed by atoms with Crippen LogP contribution >= 0.6 is 0 Å². The van der Waals surface area contributed by atoms with E-state index in [2.05, 4.69) is 24.4 Å². The molecule has 0 aromatic heterocycles. The number of amides is 2. The van der Waals surface area contributed by atoms with Gasteiger partial charge < -0.3 is 15.0 Å². The van der Waals surface area contributed by atoms with Crippen LogP contribution in [-0.2, 0) is 9.53 Å². The van der Waals surface area contributed by atoms with Crippen LogP contribution in [0, 0.1) is 0 Å². The minimum atomic E-state index is -0.476. The van der Waals surface area contributed by atoms with Gasteiger partial charge in [-0.25, -0.2) is 4.79 Å². The Morgan fingerprint density at radius 1 is 1.20 bits per heavy atom. The second-order valence-corrected chi connectivity index (χ2v) is 7.83. The van der Waals surface area contributed by atoms with Crippen molar-refractivity contribution >= 4 is 12.0 Å². The maximum Gasteiger partial charge on any atom is 0.410 e. The van der Waals surface area contributed by atoms with Gasteiger partial charge in [0.05, 0.1) is 0 Å². The number of ether oxygens (including phenoxy) is 1. The van der Waals surface area contributed by atoms with Crippen molar-refractivity contribution < 1.29 is 14.3 Å². The summed E-state index contributed by atoms with van der Waals surface area (Å²) in [6.45, 7) is 8.91. The molecule has 5 heteroatoms. The van der Waals surface area contributed by atoms with E-state index in [0.717, 1.165) is 12.8 Å². The van der Waals surface area contributed by atoms with Crippen LogP contribution in [0.5, 0.6) is 0 Å². The molecular weight excluding hydrogens is 316 g/mol. The Morgan fingerprint density at radius 2 is 1.80 bits per heavy atom. The third kappa shape index (κ3) is 6.40. The van der Waals surface area contributed by atoms with Gasteiger partial charge in [0, 0.05) is 25.6 Å². The fourth-order valence-corrected chi connectivity index (χ4v) is 3.00. The normalized spacial score (nSPS) is 17.0. The average Bonchev–Trinajstić information content (AvgIpc) is 2.54. The van der Waals surface area contributed by atoms with Gasteiger partial charge in [0.25, 0.3) is 0 Å². The van der Waals surface area contributed by atoms with E-state index >= 15 is 0 Å². The molecule has 1 N–H and O–H groups in total. The summed E-state index contributed by atoms with van der Waals surface area (Å²) < 4.78 is 5.39. The second-order valence-electron chi connectivity index (χ2n) is 7.83. The zero-order valence-corrected chi connectivity index (χ0v) is 15.7. The molecule has 2 rings (SSSR count). The third-order valence-electron chi connectivity index (χ3n) is 4.37. The Kier molecular flexibility index (Phi) is 6.45. The first-order valence-corrected chi connectivity index (χ1v) is 9.07. The Balaban J connectivity index is 1.74. The number of carbonyl (C=O) groups is 2. The quantitative estimate of drug-likeness (QED) is 0.904. The van der Waals surface area contributed by atoms with Crippen molar-refractivity contribution in [3.05, 3.63) is 35.9 Å². The van der Waals surface area contributed by atoms with Gasteiger partial charge in [-0.3, -0.25) is 4.79 Å². The van der Waals surface area contributed by atoms with Crippen LogP contribution in [0.1, 0.15) is 58.4 Å². The van der Waals surface area contributed by atoms with E-state index in [1.807, 2.05) is 39.0 Å². The maximum absolute atomic E-state index is 12.3. The van der Waals surface area contributed by atoms with Crippen molar-refractivity contribution in [1.82, 2.24) is 10.2 Å². The molecule has 1 saturated heterocycles. The number of nitrogens with zero attached hydrogens (tertiary/aromatic N) is 1. The number of nitrogens with one attached hydrogen (secondary N) is 1. The zero-order chi connectivity index (χ0) is 18.4. The highest BCUT2D eigenvalue weighted by molar-refractivity contribution is 5.77. The number of hydrogen-bond donors (Lipinski definition) is 1. The lowest BCUT2D eigenvalue weighted by molar-refractivity contribution is -0.122. The van der Waals surface area contributed by atoms with Crippen LogP contribution in [-0.4, -0.2) is 41.6 Å². The molecule has 1 aliphatic heterocycles. The molecule has 0 unspecified atom stereocenters. The lowest BCUT2D eigenvalue weighted by atomic mass is 9.97. The van der Waals surface area contributed by atoms with Gasteiger partial charge in [0.1, 0.15) is 5.60 Å². The van der Waals surface area contributed by atoms with E-state index in [-0.39, 0.29) is 24.0 Å². The largest absolute Gasteiger partial charge is 0.444 e. The first-order chi connectivity index (χ1) is 11.7. The third-order valence-corrected chi connectivity index (χ3v) is 4.37. The molecule has 1 aromatic carbocycles. The maximum atomic E-state index is 12.3. The Labute approximate surface area is 150 Å². The number of carbonyl (C=O) groups excluding carboxylic acids is 2. The van der Waals surface area contributed by atoms with Crippen LogP contribution in [0.2, 0.25) is 0 Å². The van der Waals surface area contributed by atoms with Crippen LogP contribution in [0.3, 0.4) is 0 Å². The number of rotatable bonds is 4. The SMILES string of the molecule is C[C@@H](CC(=O)NC1CCN(C(=O)OC(C)(C)C)CC1)c1ccccc1. The predicted molar refractivity (Wildman–Crippen MR) is 98.4 cm³/mol. The monoisotopic (exact) mass is 346 g/mol. The van der Waals surface area contributed by atoms with Crippen LogP contribution in [0.25, 0.3) is 0 Å². The molecular formula is C20H30N2O3. The van der Waals surface area contributed by atoms with E-state index in [1.165, 1.54) is 5.56 Å². The summed E-state index contributed by atoms with van der Waals surface area (Å²) in [5.41, 5.74) is 0.702. The molecule has 1 aromatic rings. The first-order valence-electron chi connectivity index (χ1n) is 9.07. The average molecular weight is 346 g/mol. The fraction of sp³-hybridized carbons (Fsp3) is 0.600. The molecule has 0 saturated carbocycles. The molecule has 1 heterocycles. The van der Waals surface area contributed by atoms with E-state index in [0.29, 0.717) is 19.5 Å². The smallest absolute Gasteiger partial charge is 0.410 e. The van der Waals surface area contributed by atoms with E-state index in [1.54, 1.807) is 4.90 Å². The second kappa shape index (κ2) is 8.37. The Hall–Kier alpha value is -2.04. The van der Waals surface area contributed by atoms with Gasteiger partial charge in [-0.2, -0.15) is 0 Å². The predicted octanol–water partition coefficient (Wildman–Crippen LogP) is 3.70. The highest BCUT2D eigenvalue weighted by Gasteiger charge is 2.27. The Bertz CT molecular complexity index is 572. The molecule has 0 bridgehead atoms. The van der Waals surface area contributed by atoms with Crippen molar-refractivity contribution in [1.29, 1.82) is 0 Å². The summed E-state index contributed by atoms with van der Waals surface area (Å²) in [5.74, 6) is 0.273. The van der Waals surface area contributed by atoms with Crippen LogP contribution in [0.4, 0.5) is 4.79 Å². The molecule has 5 nitrogen and oxygen atoms in total. The lowest BCUT2D eigenvalue weighted by Gasteiger charge is -2.33. The Morgan fingerprint density at radius 3 is 2.36 bits per heavy atom. The van der Waals surface area contributed by atoms with Crippen molar-refractivity contribution in [2.24, 2.45) is 0 Å². The summed E-state index contributed by atoms with van der Waals surface area (Å²) >= 11 is 0. The first kappa shape index (κ1) is 19.3. The molecule has 0 radical (unpaired) electrons. The fourth-order valence-electron chi connectivity index (χ4n) is 3.00. The van der Waals surface area contributed by atoms with Crippen molar-refractivity contribution in [2.75, 3.05) is 13.1 Å².